The summed E-state index contributed by atoms with van der Waals surface area (Å²) in [5, 5.41) is 23.2. The highest BCUT2D eigenvalue weighted by atomic mass is 79.9. The zero-order valence-electron chi connectivity index (χ0n) is 18.0. The summed E-state index contributed by atoms with van der Waals surface area (Å²) in [6, 6.07) is 17.0. The van der Waals surface area contributed by atoms with E-state index in [0.29, 0.717) is 21.1 Å². The van der Waals surface area contributed by atoms with Crippen LogP contribution in [0.2, 0.25) is 0 Å². The Labute approximate surface area is 203 Å². The molecule has 0 fully saturated rings. The SMILES string of the molecule is CCc1ccc(-n2c(Br)nnc2SCC(=O)Nc2ccc(C(=O)O)cc2C)c2ccccc12. The third-order valence-electron chi connectivity index (χ3n) is 5.29. The van der Waals surface area contributed by atoms with Gasteiger partial charge in [-0.3, -0.25) is 9.36 Å². The molecule has 3 aromatic carbocycles. The van der Waals surface area contributed by atoms with E-state index in [9.17, 15) is 9.59 Å². The number of nitrogens with one attached hydrogen (secondary N) is 1. The molecule has 0 unspecified atom stereocenters. The van der Waals surface area contributed by atoms with Gasteiger partial charge in [0, 0.05) is 11.1 Å². The fourth-order valence-electron chi connectivity index (χ4n) is 3.65. The van der Waals surface area contributed by atoms with Gasteiger partial charge in [0.05, 0.1) is 17.0 Å². The van der Waals surface area contributed by atoms with Gasteiger partial charge in [0.1, 0.15) is 0 Å². The molecule has 0 bridgehead atoms. The van der Waals surface area contributed by atoms with Gasteiger partial charge in [-0.2, -0.15) is 0 Å². The minimum Gasteiger partial charge on any atom is -0.478 e. The second-order valence-electron chi connectivity index (χ2n) is 7.40. The summed E-state index contributed by atoms with van der Waals surface area (Å²) < 4.78 is 2.45. The van der Waals surface area contributed by atoms with Crippen molar-refractivity contribution in [3.05, 3.63) is 76.0 Å². The van der Waals surface area contributed by atoms with Crippen molar-refractivity contribution >= 4 is 56.0 Å². The number of fused-ring (bicyclic) bond motifs is 1. The number of benzene rings is 3. The number of aromatic carboxylic acids is 1. The van der Waals surface area contributed by atoms with E-state index in [0.717, 1.165) is 17.5 Å². The third-order valence-corrected chi connectivity index (χ3v) is 6.73. The Morgan fingerprint density at radius 2 is 1.85 bits per heavy atom. The largest absolute Gasteiger partial charge is 0.478 e. The lowest BCUT2D eigenvalue weighted by atomic mass is 10.0. The quantitative estimate of drug-likeness (QED) is 0.310. The summed E-state index contributed by atoms with van der Waals surface area (Å²) in [7, 11) is 0. The maximum Gasteiger partial charge on any atom is 0.335 e. The van der Waals surface area contributed by atoms with E-state index >= 15 is 0 Å². The van der Waals surface area contributed by atoms with E-state index in [4.69, 9.17) is 5.11 Å². The average Bonchev–Trinajstić information content (AvgIpc) is 3.18. The van der Waals surface area contributed by atoms with Crippen LogP contribution in [0, 0.1) is 6.92 Å². The molecule has 1 aromatic heterocycles. The van der Waals surface area contributed by atoms with Crippen molar-refractivity contribution in [1.82, 2.24) is 14.8 Å². The van der Waals surface area contributed by atoms with E-state index in [1.807, 2.05) is 22.8 Å². The normalized spacial score (nSPS) is 11.0. The Hall–Kier alpha value is -3.17. The van der Waals surface area contributed by atoms with Gasteiger partial charge in [-0.1, -0.05) is 49.0 Å². The molecule has 33 heavy (non-hydrogen) atoms. The van der Waals surface area contributed by atoms with E-state index in [1.165, 1.54) is 34.8 Å². The van der Waals surface area contributed by atoms with Crippen LogP contribution < -0.4 is 5.32 Å². The highest BCUT2D eigenvalue weighted by Crippen LogP contribution is 2.31. The summed E-state index contributed by atoms with van der Waals surface area (Å²) >= 11 is 4.77. The molecule has 4 aromatic rings. The molecule has 0 saturated heterocycles. The first kappa shape index (κ1) is 23.0. The van der Waals surface area contributed by atoms with Crippen LogP contribution in [0.15, 0.2) is 64.5 Å². The predicted molar refractivity (Wildman–Crippen MR) is 133 cm³/mol. The van der Waals surface area contributed by atoms with Crippen LogP contribution in [0.4, 0.5) is 5.69 Å². The van der Waals surface area contributed by atoms with Crippen molar-refractivity contribution in [3.8, 4) is 5.69 Å². The fourth-order valence-corrected chi connectivity index (χ4v) is 4.95. The monoisotopic (exact) mass is 524 g/mol. The first-order valence-corrected chi connectivity index (χ1v) is 12.1. The number of aromatic nitrogens is 3. The van der Waals surface area contributed by atoms with Crippen molar-refractivity contribution in [2.45, 2.75) is 25.4 Å². The van der Waals surface area contributed by atoms with Crippen LogP contribution in [-0.2, 0) is 11.2 Å². The number of carbonyl (C=O) groups is 2. The van der Waals surface area contributed by atoms with E-state index in [2.05, 4.69) is 56.6 Å². The summed E-state index contributed by atoms with van der Waals surface area (Å²) in [5.74, 6) is -1.10. The molecule has 9 heteroatoms. The van der Waals surface area contributed by atoms with Crippen molar-refractivity contribution < 1.29 is 14.7 Å². The second kappa shape index (κ2) is 9.76. The molecule has 168 valence electrons. The van der Waals surface area contributed by atoms with Crippen LogP contribution in [0.1, 0.15) is 28.4 Å². The highest BCUT2D eigenvalue weighted by Gasteiger charge is 2.17. The minimum absolute atomic E-state index is 0.121. The van der Waals surface area contributed by atoms with Gasteiger partial charge < -0.3 is 10.4 Å². The van der Waals surface area contributed by atoms with Gasteiger partial charge in [-0.15, -0.1) is 10.2 Å². The summed E-state index contributed by atoms with van der Waals surface area (Å²) in [4.78, 5) is 23.7. The van der Waals surface area contributed by atoms with Crippen molar-refractivity contribution in [1.29, 1.82) is 0 Å². The summed E-state index contributed by atoms with van der Waals surface area (Å²) in [6.45, 7) is 3.89. The van der Waals surface area contributed by atoms with E-state index in [1.54, 1.807) is 13.0 Å². The number of nitrogens with zero attached hydrogens (tertiary/aromatic N) is 3. The van der Waals surface area contributed by atoms with E-state index in [-0.39, 0.29) is 17.2 Å². The smallest absolute Gasteiger partial charge is 0.335 e. The molecule has 0 aliphatic rings. The van der Waals surface area contributed by atoms with Gasteiger partial charge in [0.2, 0.25) is 10.6 Å². The Bertz CT molecular complexity index is 1370. The Morgan fingerprint density at radius 3 is 2.55 bits per heavy atom. The molecule has 4 rings (SSSR count). The molecule has 0 saturated carbocycles. The Balaban J connectivity index is 1.56. The Morgan fingerprint density at radius 1 is 1.09 bits per heavy atom. The molecule has 0 spiro atoms. The number of amides is 1. The number of hydrogen-bond acceptors (Lipinski definition) is 5. The highest BCUT2D eigenvalue weighted by molar-refractivity contribution is 9.10. The number of rotatable bonds is 7. The molecular weight excluding hydrogens is 504 g/mol. The number of aryl methyl sites for hydroxylation is 2. The lowest BCUT2D eigenvalue weighted by Gasteiger charge is -2.13. The summed E-state index contributed by atoms with van der Waals surface area (Å²) in [6.07, 6.45) is 0.929. The van der Waals surface area contributed by atoms with Crippen LogP contribution in [-0.4, -0.2) is 37.5 Å². The van der Waals surface area contributed by atoms with Gasteiger partial charge in [0.15, 0.2) is 5.16 Å². The molecule has 1 amide bonds. The fraction of sp³-hybridized carbons (Fsp3) is 0.167. The van der Waals surface area contributed by atoms with Gasteiger partial charge in [0.25, 0.3) is 0 Å². The molecule has 2 N–H and O–H groups in total. The van der Waals surface area contributed by atoms with Crippen LogP contribution >= 0.6 is 27.7 Å². The van der Waals surface area contributed by atoms with Crippen LogP contribution in [0.3, 0.4) is 0 Å². The maximum absolute atomic E-state index is 12.6. The van der Waals surface area contributed by atoms with Crippen LogP contribution in [0.25, 0.3) is 16.5 Å². The first-order chi connectivity index (χ1) is 15.9. The molecular formula is C24H21BrN4O3S. The third kappa shape index (κ3) is 4.79. The first-order valence-electron chi connectivity index (χ1n) is 10.3. The lowest BCUT2D eigenvalue weighted by molar-refractivity contribution is -0.113. The number of carbonyl (C=O) groups excluding carboxylic acids is 1. The molecule has 1 heterocycles. The molecule has 0 aliphatic carbocycles. The number of thioether (sulfide) groups is 1. The minimum atomic E-state index is -1.00. The van der Waals surface area contributed by atoms with Gasteiger partial charge >= 0.3 is 5.97 Å². The molecule has 0 aliphatic heterocycles. The Kier molecular flexibility index (Phi) is 6.80. The van der Waals surface area contributed by atoms with Crippen molar-refractivity contribution in [2.75, 3.05) is 11.1 Å². The van der Waals surface area contributed by atoms with Crippen molar-refractivity contribution in [3.63, 3.8) is 0 Å². The number of halogens is 1. The number of hydrogen-bond donors (Lipinski definition) is 2. The van der Waals surface area contributed by atoms with Gasteiger partial charge in [-0.05, 0) is 70.1 Å². The second-order valence-corrected chi connectivity index (χ2v) is 9.05. The average molecular weight is 525 g/mol. The molecule has 7 nitrogen and oxygen atoms in total. The van der Waals surface area contributed by atoms with Crippen LogP contribution in [0.5, 0.6) is 0 Å². The topological polar surface area (TPSA) is 97.1 Å². The molecule has 0 radical (unpaired) electrons. The number of carboxylic acid groups (broad SMARTS) is 1. The standard InChI is InChI=1S/C24H21BrN4O3S/c1-3-15-9-11-20(18-7-5-4-6-17(15)18)29-23(25)27-28-24(29)33-13-21(30)26-19-10-8-16(22(31)32)12-14(19)2/h4-12H,3,13H2,1-2H3,(H,26,30)(H,31,32). The number of anilines is 1. The summed E-state index contributed by atoms with van der Waals surface area (Å²) in [5.41, 5.74) is 3.63. The van der Waals surface area contributed by atoms with Crippen molar-refractivity contribution in [2.24, 2.45) is 0 Å². The lowest BCUT2D eigenvalue weighted by Crippen LogP contribution is -2.15. The van der Waals surface area contributed by atoms with E-state index < -0.39 is 5.97 Å². The molecule has 0 atom stereocenters. The number of carboxylic acids is 1. The van der Waals surface area contributed by atoms with Gasteiger partial charge in [-0.25, -0.2) is 4.79 Å². The predicted octanol–water partition coefficient (Wildman–Crippen LogP) is 5.48. The zero-order valence-corrected chi connectivity index (χ0v) is 20.4. The maximum atomic E-state index is 12.6. The zero-order chi connectivity index (χ0) is 23.5.